The molecule has 3 rings (SSSR count). The van der Waals surface area contributed by atoms with Gasteiger partial charge in [0.05, 0.1) is 0 Å². The summed E-state index contributed by atoms with van der Waals surface area (Å²) in [7, 11) is -3.29. The van der Waals surface area contributed by atoms with Gasteiger partial charge in [-0.05, 0) is 30.4 Å². The van der Waals surface area contributed by atoms with Gasteiger partial charge in [0.25, 0.3) is 10.0 Å². The number of rotatable bonds is 3. The van der Waals surface area contributed by atoms with Crippen LogP contribution in [0, 0.1) is 6.92 Å². The third kappa shape index (κ3) is 2.65. The van der Waals surface area contributed by atoms with Crippen molar-refractivity contribution in [2.24, 2.45) is 0 Å². The highest BCUT2D eigenvalue weighted by atomic mass is 32.2. The molecule has 20 heavy (non-hydrogen) atoms. The number of hydrogen-bond donors (Lipinski definition) is 1. The first-order valence-corrected chi connectivity index (χ1v) is 9.40. The molecule has 0 saturated carbocycles. The second-order valence-corrected chi connectivity index (χ2v) is 8.53. The normalized spacial score (nSPS) is 26.1. The Balaban J connectivity index is 1.72. The number of piperazine rings is 1. The highest BCUT2D eigenvalue weighted by molar-refractivity contribution is 7.91. The van der Waals surface area contributed by atoms with Gasteiger partial charge >= 0.3 is 0 Å². The van der Waals surface area contributed by atoms with E-state index in [2.05, 4.69) is 10.2 Å². The van der Waals surface area contributed by atoms with E-state index in [1.54, 1.807) is 4.31 Å². The number of aryl methyl sites for hydroxylation is 1. The van der Waals surface area contributed by atoms with Crippen LogP contribution < -0.4 is 5.32 Å². The number of hydrogen-bond acceptors (Lipinski definition) is 5. The SMILES string of the molecule is Cc1ccsc1S(=O)(=O)N1CCC(N2CCNCC2)C1. The van der Waals surface area contributed by atoms with Crippen LogP contribution in [-0.2, 0) is 10.0 Å². The van der Waals surface area contributed by atoms with Gasteiger partial charge in [-0.1, -0.05) is 0 Å². The Hall–Kier alpha value is -0.470. The predicted molar refractivity (Wildman–Crippen MR) is 80.7 cm³/mol. The van der Waals surface area contributed by atoms with Crippen molar-refractivity contribution < 1.29 is 8.42 Å². The average molecular weight is 315 g/mol. The minimum Gasteiger partial charge on any atom is -0.314 e. The zero-order chi connectivity index (χ0) is 14.2. The molecular weight excluding hydrogens is 294 g/mol. The maximum absolute atomic E-state index is 12.7. The van der Waals surface area contributed by atoms with Gasteiger partial charge in [0.2, 0.25) is 0 Å². The molecule has 1 aromatic heterocycles. The minimum absolute atomic E-state index is 0.382. The molecule has 2 aliphatic rings. The zero-order valence-corrected chi connectivity index (χ0v) is 13.3. The predicted octanol–water partition coefficient (Wildman–Crippen LogP) is 0.725. The van der Waals surface area contributed by atoms with Crippen LogP contribution in [0.2, 0.25) is 0 Å². The van der Waals surface area contributed by atoms with Crippen molar-refractivity contribution >= 4 is 21.4 Å². The Labute approximate surface area is 124 Å². The van der Waals surface area contributed by atoms with Crippen molar-refractivity contribution in [3.05, 3.63) is 17.0 Å². The fourth-order valence-corrected chi connectivity index (χ4v) is 6.06. The molecule has 0 amide bonds. The number of nitrogens with one attached hydrogen (secondary N) is 1. The summed E-state index contributed by atoms with van der Waals surface area (Å²) >= 11 is 1.33. The Kier molecular flexibility index (Phi) is 4.14. The van der Waals surface area contributed by atoms with Crippen LogP contribution in [0.1, 0.15) is 12.0 Å². The lowest BCUT2D eigenvalue weighted by molar-refractivity contribution is 0.179. The summed E-state index contributed by atoms with van der Waals surface area (Å²) in [6.07, 6.45) is 0.948. The van der Waals surface area contributed by atoms with Crippen LogP contribution in [0.25, 0.3) is 0 Å². The van der Waals surface area contributed by atoms with Crippen molar-refractivity contribution in [2.75, 3.05) is 39.3 Å². The molecule has 7 heteroatoms. The van der Waals surface area contributed by atoms with E-state index < -0.39 is 10.0 Å². The average Bonchev–Trinajstić information content (AvgIpc) is 3.08. The lowest BCUT2D eigenvalue weighted by Crippen LogP contribution is -2.49. The van der Waals surface area contributed by atoms with Crippen molar-refractivity contribution in [3.8, 4) is 0 Å². The molecule has 1 unspecified atom stereocenters. The molecule has 2 aliphatic heterocycles. The van der Waals surface area contributed by atoms with Gasteiger partial charge in [0.15, 0.2) is 0 Å². The molecule has 0 radical (unpaired) electrons. The zero-order valence-electron chi connectivity index (χ0n) is 11.7. The molecule has 0 aromatic carbocycles. The summed E-state index contributed by atoms with van der Waals surface area (Å²) in [5.74, 6) is 0. The van der Waals surface area contributed by atoms with Gasteiger partial charge in [-0.2, -0.15) is 4.31 Å². The van der Waals surface area contributed by atoms with Crippen molar-refractivity contribution in [1.29, 1.82) is 0 Å². The first-order valence-electron chi connectivity index (χ1n) is 7.08. The summed E-state index contributed by atoms with van der Waals surface area (Å²) in [5.41, 5.74) is 0.862. The lowest BCUT2D eigenvalue weighted by atomic mass is 10.2. The third-order valence-electron chi connectivity index (χ3n) is 4.18. The van der Waals surface area contributed by atoms with Gasteiger partial charge in [0, 0.05) is 45.3 Å². The Morgan fingerprint density at radius 2 is 2.05 bits per heavy atom. The van der Waals surface area contributed by atoms with Crippen LogP contribution in [0.3, 0.4) is 0 Å². The summed E-state index contributed by atoms with van der Waals surface area (Å²) in [6.45, 7) is 7.22. The molecule has 112 valence electrons. The number of sulfonamides is 1. The lowest BCUT2D eigenvalue weighted by Gasteiger charge is -2.32. The molecule has 2 fully saturated rings. The van der Waals surface area contributed by atoms with E-state index in [0.29, 0.717) is 23.3 Å². The summed E-state index contributed by atoms with van der Waals surface area (Å²) in [6, 6.07) is 2.26. The summed E-state index contributed by atoms with van der Waals surface area (Å²) in [4.78, 5) is 2.42. The molecule has 1 N–H and O–H groups in total. The molecule has 2 saturated heterocycles. The second-order valence-electron chi connectivity index (χ2n) is 5.48. The molecule has 0 aliphatic carbocycles. The topological polar surface area (TPSA) is 52.7 Å². The summed E-state index contributed by atoms with van der Waals surface area (Å²) in [5, 5.41) is 5.19. The maximum atomic E-state index is 12.7. The molecule has 1 atom stereocenters. The van der Waals surface area contributed by atoms with E-state index in [9.17, 15) is 8.42 Å². The Morgan fingerprint density at radius 1 is 1.30 bits per heavy atom. The van der Waals surface area contributed by atoms with E-state index >= 15 is 0 Å². The summed E-state index contributed by atoms with van der Waals surface area (Å²) < 4.78 is 27.5. The van der Waals surface area contributed by atoms with Crippen molar-refractivity contribution in [2.45, 2.75) is 23.6 Å². The van der Waals surface area contributed by atoms with Gasteiger partial charge in [-0.15, -0.1) is 11.3 Å². The van der Waals surface area contributed by atoms with Crippen LogP contribution >= 0.6 is 11.3 Å². The van der Waals surface area contributed by atoms with Gasteiger partial charge < -0.3 is 5.32 Å². The fraction of sp³-hybridized carbons (Fsp3) is 0.692. The fourth-order valence-electron chi connectivity index (χ4n) is 3.01. The molecule has 5 nitrogen and oxygen atoms in total. The van der Waals surface area contributed by atoms with Crippen LogP contribution in [-0.4, -0.2) is 62.9 Å². The van der Waals surface area contributed by atoms with Crippen molar-refractivity contribution in [3.63, 3.8) is 0 Å². The first kappa shape index (κ1) is 14.5. The maximum Gasteiger partial charge on any atom is 0.252 e. The standard InChI is InChI=1S/C13H21N3O2S2/c1-11-3-9-19-13(11)20(17,18)16-6-2-12(10-16)15-7-4-14-5-8-15/h3,9,12,14H,2,4-8,10H2,1H3. The van der Waals surface area contributed by atoms with E-state index in [1.807, 2.05) is 18.4 Å². The Morgan fingerprint density at radius 3 is 2.70 bits per heavy atom. The van der Waals surface area contributed by atoms with Gasteiger partial charge in [0.1, 0.15) is 4.21 Å². The van der Waals surface area contributed by atoms with E-state index in [-0.39, 0.29) is 0 Å². The molecule has 0 spiro atoms. The Bertz CT molecular complexity index is 564. The third-order valence-corrected chi connectivity index (χ3v) is 7.71. The number of thiophene rings is 1. The molecule has 3 heterocycles. The van der Waals surface area contributed by atoms with Crippen LogP contribution in [0.5, 0.6) is 0 Å². The van der Waals surface area contributed by atoms with Crippen molar-refractivity contribution in [1.82, 2.24) is 14.5 Å². The number of nitrogens with zero attached hydrogens (tertiary/aromatic N) is 2. The molecule has 1 aromatic rings. The largest absolute Gasteiger partial charge is 0.314 e. The minimum atomic E-state index is -3.29. The highest BCUT2D eigenvalue weighted by Crippen LogP contribution is 2.29. The second kappa shape index (κ2) is 5.73. The first-order chi connectivity index (χ1) is 9.59. The quantitative estimate of drug-likeness (QED) is 0.893. The van der Waals surface area contributed by atoms with E-state index in [1.165, 1.54) is 11.3 Å². The van der Waals surface area contributed by atoms with Gasteiger partial charge in [-0.25, -0.2) is 8.42 Å². The molecule has 0 bridgehead atoms. The molecular formula is C13H21N3O2S2. The highest BCUT2D eigenvalue weighted by Gasteiger charge is 2.36. The smallest absolute Gasteiger partial charge is 0.252 e. The van der Waals surface area contributed by atoms with E-state index in [0.717, 1.165) is 38.2 Å². The van der Waals surface area contributed by atoms with Crippen LogP contribution in [0.15, 0.2) is 15.7 Å². The van der Waals surface area contributed by atoms with Gasteiger partial charge in [-0.3, -0.25) is 4.90 Å². The van der Waals surface area contributed by atoms with E-state index in [4.69, 9.17) is 0 Å². The monoisotopic (exact) mass is 315 g/mol. The van der Waals surface area contributed by atoms with Crippen LogP contribution in [0.4, 0.5) is 0 Å².